The Morgan fingerprint density at radius 1 is 1.30 bits per heavy atom. The maximum atomic E-state index is 11.9. The zero-order valence-corrected chi connectivity index (χ0v) is 12.2. The summed E-state index contributed by atoms with van der Waals surface area (Å²) in [6.07, 6.45) is 0.905. The summed E-state index contributed by atoms with van der Waals surface area (Å²) in [4.78, 5) is 11.9. The second-order valence-electron chi connectivity index (χ2n) is 4.54. The number of aromatic nitrogens is 2. The third kappa shape index (κ3) is 3.17. The quantitative estimate of drug-likeness (QED) is 0.889. The van der Waals surface area contributed by atoms with Crippen LogP contribution in [0.2, 0.25) is 5.15 Å². The third-order valence-corrected chi connectivity index (χ3v) is 3.22. The molecule has 1 unspecified atom stereocenters. The number of rotatable bonds is 5. The molecule has 2 rings (SSSR count). The molecule has 1 amide bonds. The van der Waals surface area contributed by atoms with Crippen LogP contribution in [-0.4, -0.2) is 28.7 Å². The zero-order chi connectivity index (χ0) is 14.5. The third-order valence-electron chi connectivity index (χ3n) is 2.94. The molecule has 0 aliphatic heterocycles. The summed E-state index contributed by atoms with van der Waals surface area (Å²) in [7, 11) is 0. The van der Waals surface area contributed by atoms with Crippen molar-refractivity contribution in [3.63, 3.8) is 0 Å². The number of anilines is 1. The van der Waals surface area contributed by atoms with Gasteiger partial charge in [0.15, 0.2) is 11.0 Å². The van der Waals surface area contributed by atoms with Crippen LogP contribution in [0.15, 0.2) is 24.3 Å². The van der Waals surface area contributed by atoms with Crippen LogP contribution >= 0.6 is 11.6 Å². The number of fused-ring (bicyclic) bond motifs is 1. The van der Waals surface area contributed by atoms with E-state index in [2.05, 4.69) is 20.8 Å². The van der Waals surface area contributed by atoms with Gasteiger partial charge in [-0.1, -0.05) is 42.8 Å². The van der Waals surface area contributed by atoms with Crippen molar-refractivity contribution in [1.29, 1.82) is 0 Å². The molecular weight excluding hydrogens is 276 g/mol. The van der Waals surface area contributed by atoms with E-state index >= 15 is 0 Å². The molecule has 0 bridgehead atoms. The normalized spacial score (nSPS) is 12.2. The van der Waals surface area contributed by atoms with Gasteiger partial charge in [-0.3, -0.25) is 4.79 Å². The first-order valence-corrected chi connectivity index (χ1v) is 6.96. The first-order chi connectivity index (χ1) is 9.63. The number of hydrogen-bond acceptors (Lipinski definition) is 4. The fraction of sp³-hybridized carbons (Fsp3) is 0.357. The Balaban J connectivity index is 2.22. The Bertz CT molecular complexity index is 617. The van der Waals surface area contributed by atoms with Crippen LogP contribution in [0.25, 0.3) is 10.8 Å². The maximum Gasteiger partial charge on any atom is 0.242 e. The smallest absolute Gasteiger partial charge is 0.242 e. The van der Waals surface area contributed by atoms with Crippen LogP contribution in [0, 0.1) is 0 Å². The maximum absolute atomic E-state index is 11.9. The lowest BCUT2D eigenvalue weighted by Crippen LogP contribution is -2.38. The molecular formula is C14H17ClN4O. The van der Waals surface area contributed by atoms with Crippen molar-refractivity contribution in [3.8, 4) is 0 Å². The van der Waals surface area contributed by atoms with E-state index in [1.165, 1.54) is 0 Å². The lowest BCUT2D eigenvalue weighted by molar-refractivity contribution is -0.121. The van der Waals surface area contributed by atoms with Gasteiger partial charge >= 0.3 is 0 Å². The Morgan fingerprint density at radius 2 is 2.00 bits per heavy atom. The van der Waals surface area contributed by atoms with Crippen LogP contribution in [0.3, 0.4) is 0 Å². The Hall–Kier alpha value is -1.88. The highest BCUT2D eigenvalue weighted by molar-refractivity contribution is 6.34. The van der Waals surface area contributed by atoms with Crippen LogP contribution in [0.4, 0.5) is 5.82 Å². The Labute approximate surface area is 122 Å². The van der Waals surface area contributed by atoms with Crippen molar-refractivity contribution < 1.29 is 4.79 Å². The standard InChI is InChI=1S/C14H17ClN4O/c1-3-8-16-14(20)9(2)17-13-11-7-5-4-6-10(11)12(15)18-19-13/h4-7,9H,3,8H2,1-2H3,(H,16,20)(H,17,19). The van der Waals surface area contributed by atoms with E-state index in [0.717, 1.165) is 17.2 Å². The highest BCUT2D eigenvalue weighted by Gasteiger charge is 2.15. The van der Waals surface area contributed by atoms with E-state index < -0.39 is 0 Å². The molecule has 0 saturated carbocycles. The van der Waals surface area contributed by atoms with Crippen molar-refractivity contribution in [2.75, 3.05) is 11.9 Å². The van der Waals surface area contributed by atoms with E-state index in [4.69, 9.17) is 11.6 Å². The van der Waals surface area contributed by atoms with Crippen molar-refractivity contribution >= 4 is 34.1 Å². The number of carbonyl (C=O) groups is 1. The molecule has 1 heterocycles. The second kappa shape index (κ2) is 6.52. The van der Waals surface area contributed by atoms with Gasteiger partial charge in [0, 0.05) is 17.3 Å². The fourth-order valence-corrected chi connectivity index (χ4v) is 2.05. The molecule has 0 aliphatic rings. The molecule has 1 aromatic carbocycles. The average molecular weight is 293 g/mol. The first kappa shape index (κ1) is 14.5. The minimum absolute atomic E-state index is 0.0623. The number of halogens is 1. The van der Waals surface area contributed by atoms with Gasteiger partial charge in [-0.15, -0.1) is 10.2 Å². The summed E-state index contributed by atoms with van der Waals surface area (Å²) in [5.74, 6) is 0.497. The minimum Gasteiger partial charge on any atom is -0.357 e. The molecule has 2 aromatic rings. The predicted molar refractivity (Wildman–Crippen MR) is 80.9 cm³/mol. The second-order valence-corrected chi connectivity index (χ2v) is 4.90. The summed E-state index contributed by atoms with van der Waals surface area (Å²) in [6.45, 7) is 4.46. The van der Waals surface area contributed by atoms with Gasteiger partial charge in [0.1, 0.15) is 6.04 Å². The van der Waals surface area contributed by atoms with Crippen molar-refractivity contribution in [2.24, 2.45) is 0 Å². The summed E-state index contributed by atoms with van der Waals surface area (Å²) >= 11 is 6.02. The molecule has 20 heavy (non-hydrogen) atoms. The van der Waals surface area contributed by atoms with Crippen LogP contribution in [-0.2, 0) is 4.79 Å². The summed E-state index contributed by atoms with van der Waals surface area (Å²) < 4.78 is 0. The number of hydrogen-bond donors (Lipinski definition) is 2. The SMILES string of the molecule is CCCNC(=O)C(C)Nc1nnc(Cl)c2ccccc12. The van der Waals surface area contributed by atoms with Crippen molar-refractivity contribution in [3.05, 3.63) is 29.4 Å². The van der Waals surface area contributed by atoms with Crippen LogP contribution in [0.5, 0.6) is 0 Å². The monoisotopic (exact) mass is 292 g/mol. The molecule has 0 aliphatic carbocycles. The van der Waals surface area contributed by atoms with Crippen molar-refractivity contribution in [1.82, 2.24) is 15.5 Å². The van der Waals surface area contributed by atoms with Gasteiger partial charge in [-0.05, 0) is 13.3 Å². The summed E-state index contributed by atoms with van der Waals surface area (Å²) in [5.41, 5.74) is 0. The predicted octanol–water partition coefficient (Wildman–Crippen LogP) is 2.61. The van der Waals surface area contributed by atoms with E-state index in [1.807, 2.05) is 31.2 Å². The van der Waals surface area contributed by atoms with E-state index in [1.54, 1.807) is 6.92 Å². The molecule has 0 radical (unpaired) electrons. The molecule has 2 N–H and O–H groups in total. The number of amides is 1. The van der Waals surface area contributed by atoms with Gasteiger partial charge in [0.2, 0.25) is 5.91 Å². The molecule has 6 heteroatoms. The first-order valence-electron chi connectivity index (χ1n) is 6.58. The Kier molecular flexibility index (Phi) is 4.74. The fourth-order valence-electron chi connectivity index (χ4n) is 1.85. The van der Waals surface area contributed by atoms with Gasteiger partial charge < -0.3 is 10.6 Å². The molecule has 5 nitrogen and oxygen atoms in total. The molecule has 1 aromatic heterocycles. The molecule has 0 saturated heterocycles. The number of benzene rings is 1. The van der Waals surface area contributed by atoms with E-state index in [9.17, 15) is 4.79 Å². The lowest BCUT2D eigenvalue weighted by atomic mass is 10.2. The largest absolute Gasteiger partial charge is 0.357 e. The highest BCUT2D eigenvalue weighted by atomic mass is 35.5. The number of nitrogens with one attached hydrogen (secondary N) is 2. The lowest BCUT2D eigenvalue weighted by Gasteiger charge is -2.15. The summed E-state index contributed by atoms with van der Waals surface area (Å²) in [6, 6.07) is 7.17. The molecule has 0 spiro atoms. The van der Waals surface area contributed by atoms with Gasteiger partial charge in [-0.25, -0.2) is 0 Å². The van der Waals surface area contributed by atoms with Crippen molar-refractivity contribution in [2.45, 2.75) is 26.3 Å². The van der Waals surface area contributed by atoms with E-state index in [-0.39, 0.29) is 11.9 Å². The molecule has 1 atom stereocenters. The van der Waals surface area contributed by atoms with E-state index in [0.29, 0.717) is 17.5 Å². The van der Waals surface area contributed by atoms with Crippen LogP contribution < -0.4 is 10.6 Å². The van der Waals surface area contributed by atoms with Crippen LogP contribution in [0.1, 0.15) is 20.3 Å². The Morgan fingerprint density at radius 3 is 2.70 bits per heavy atom. The van der Waals surface area contributed by atoms with Gasteiger partial charge in [-0.2, -0.15) is 0 Å². The number of carbonyl (C=O) groups excluding carboxylic acids is 1. The molecule has 106 valence electrons. The average Bonchev–Trinajstić information content (AvgIpc) is 2.47. The number of nitrogens with zero attached hydrogens (tertiary/aromatic N) is 2. The highest BCUT2D eigenvalue weighted by Crippen LogP contribution is 2.25. The van der Waals surface area contributed by atoms with Gasteiger partial charge in [0.25, 0.3) is 0 Å². The van der Waals surface area contributed by atoms with Gasteiger partial charge in [0.05, 0.1) is 0 Å². The minimum atomic E-state index is -0.388. The summed E-state index contributed by atoms with van der Waals surface area (Å²) in [5, 5.41) is 15.9. The topological polar surface area (TPSA) is 66.9 Å². The molecule has 0 fully saturated rings. The zero-order valence-electron chi connectivity index (χ0n) is 11.5.